The number of sulfonamides is 1. The Balaban J connectivity index is 3.00. The average molecular weight is 315 g/mol. The Morgan fingerprint density at radius 2 is 1.86 bits per heavy atom. The van der Waals surface area contributed by atoms with Gasteiger partial charge >= 0.3 is 5.97 Å². The normalized spacial score (nSPS) is 11.6. The molecule has 0 N–H and O–H groups in total. The molecular weight excluding hydrogens is 294 g/mol. The fraction of sp³-hybridized carbons (Fsp3) is 0.500. The zero-order valence-electron chi connectivity index (χ0n) is 12.5. The maximum Gasteiger partial charge on any atom is 0.306 e. The van der Waals surface area contributed by atoms with Gasteiger partial charge in [0.1, 0.15) is 0 Å². The molecule has 0 bridgehead atoms. The first-order valence-corrected chi connectivity index (χ1v) is 7.99. The average Bonchev–Trinajstić information content (AvgIpc) is 2.46. The molecule has 0 saturated carbocycles. The van der Waals surface area contributed by atoms with Crippen LogP contribution in [0.15, 0.2) is 29.2 Å². The van der Waals surface area contributed by atoms with Crippen molar-refractivity contribution in [3.8, 4) is 0 Å². The summed E-state index contributed by atoms with van der Waals surface area (Å²) >= 11 is 0. The number of nitrogens with zero attached hydrogens (tertiary/aromatic N) is 1. The van der Waals surface area contributed by atoms with Gasteiger partial charge in [0.05, 0.1) is 25.0 Å². The molecule has 118 valence electrons. The number of rotatable bonds is 8. The minimum atomic E-state index is -3.66. The first-order chi connectivity index (χ1) is 9.93. The van der Waals surface area contributed by atoms with Crippen LogP contribution in [0.3, 0.4) is 0 Å². The third-order valence-electron chi connectivity index (χ3n) is 3.05. The Morgan fingerprint density at radius 1 is 1.19 bits per heavy atom. The highest BCUT2D eigenvalue weighted by molar-refractivity contribution is 7.89. The zero-order chi connectivity index (χ0) is 15.9. The van der Waals surface area contributed by atoms with Crippen molar-refractivity contribution in [2.75, 3.05) is 33.9 Å². The molecule has 1 aromatic rings. The van der Waals surface area contributed by atoms with Crippen molar-refractivity contribution < 1.29 is 22.7 Å². The van der Waals surface area contributed by atoms with E-state index >= 15 is 0 Å². The Labute approximate surface area is 125 Å². The highest BCUT2D eigenvalue weighted by atomic mass is 32.2. The Morgan fingerprint density at radius 3 is 2.43 bits per heavy atom. The van der Waals surface area contributed by atoms with E-state index in [1.807, 2.05) is 0 Å². The van der Waals surface area contributed by atoms with Crippen molar-refractivity contribution in [2.24, 2.45) is 0 Å². The van der Waals surface area contributed by atoms with Crippen molar-refractivity contribution in [2.45, 2.75) is 18.2 Å². The summed E-state index contributed by atoms with van der Waals surface area (Å²) < 4.78 is 36.1. The third kappa shape index (κ3) is 4.80. The summed E-state index contributed by atoms with van der Waals surface area (Å²) in [7, 11) is -0.888. The van der Waals surface area contributed by atoms with Crippen LogP contribution in [0.2, 0.25) is 0 Å². The van der Waals surface area contributed by atoms with Crippen molar-refractivity contribution in [1.29, 1.82) is 0 Å². The van der Waals surface area contributed by atoms with Crippen LogP contribution in [0.1, 0.15) is 12.0 Å². The fourth-order valence-electron chi connectivity index (χ4n) is 1.85. The minimum Gasteiger partial charge on any atom is -0.469 e. The SMILES string of the molecule is COCCN(CCC(=O)OC)S(=O)(=O)c1ccccc1C. The van der Waals surface area contributed by atoms with Crippen LogP contribution in [0.5, 0.6) is 0 Å². The molecule has 0 aromatic heterocycles. The number of carbonyl (C=O) groups excluding carboxylic acids is 1. The van der Waals surface area contributed by atoms with Crippen molar-refractivity contribution in [3.05, 3.63) is 29.8 Å². The number of carbonyl (C=O) groups is 1. The van der Waals surface area contributed by atoms with E-state index in [1.54, 1.807) is 31.2 Å². The van der Waals surface area contributed by atoms with Crippen LogP contribution in [0.4, 0.5) is 0 Å². The van der Waals surface area contributed by atoms with E-state index in [9.17, 15) is 13.2 Å². The molecule has 0 aliphatic carbocycles. The van der Waals surface area contributed by atoms with Gasteiger partial charge in [-0.1, -0.05) is 18.2 Å². The molecule has 6 nitrogen and oxygen atoms in total. The number of benzene rings is 1. The van der Waals surface area contributed by atoms with Gasteiger partial charge in [-0.25, -0.2) is 8.42 Å². The number of aryl methyl sites for hydroxylation is 1. The van der Waals surface area contributed by atoms with E-state index in [-0.39, 0.29) is 31.0 Å². The van der Waals surface area contributed by atoms with Gasteiger partial charge < -0.3 is 9.47 Å². The lowest BCUT2D eigenvalue weighted by Crippen LogP contribution is -2.36. The quantitative estimate of drug-likeness (QED) is 0.674. The maximum atomic E-state index is 12.7. The summed E-state index contributed by atoms with van der Waals surface area (Å²) in [4.78, 5) is 11.5. The second kappa shape index (κ2) is 8.11. The van der Waals surface area contributed by atoms with Crippen LogP contribution in [-0.2, 0) is 24.3 Å². The molecule has 0 saturated heterocycles. The first-order valence-electron chi connectivity index (χ1n) is 6.55. The molecule has 7 heteroatoms. The molecule has 0 amide bonds. The summed E-state index contributed by atoms with van der Waals surface area (Å²) in [5.74, 6) is -0.447. The second-order valence-electron chi connectivity index (χ2n) is 4.49. The largest absolute Gasteiger partial charge is 0.469 e. The summed E-state index contributed by atoms with van der Waals surface area (Å²) in [6.45, 7) is 2.24. The Hall–Kier alpha value is -1.44. The van der Waals surface area contributed by atoms with E-state index in [2.05, 4.69) is 4.74 Å². The van der Waals surface area contributed by atoms with Gasteiger partial charge in [0, 0.05) is 20.2 Å². The van der Waals surface area contributed by atoms with E-state index in [0.29, 0.717) is 5.56 Å². The number of hydrogen-bond donors (Lipinski definition) is 0. The number of hydrogen-bond acceptors (Lipinski definition) is 5. The van der Waals surface area contributed by atoms with Gasteiger partial charge in [-0.3, -0.25) is 4.79 Å². The molecule has 0 radical (unpaired) electrons. The predicted molar refractivity (Wildman–Crippen MR) is 78.4 cm³/mol. The van der Waals surface area contributed by atoms with E-state index < -0.39 is 16.0 Å². The Kier molecular flexibility index (Phi) is 6.80. The van der Waals surface area contributed by atoms with Gasteiger partial charge in [-0.2, -0.15) is 4.31 Å². The zero-order valence-corrected chi connectivity index (χ0v) is 13.4. The third-order valence-corrected chi connectivity index (χ3v) is 5.11. The molecule has 0 atom stereocenters. The van der Waals surface area contributed by atoms with Crippen LogP contribution in [0, 0.1) is 6.92 Å². The molecule has 0 heterocycles. The highest BCUT2D eigenvalue weighted by Gasteiger charge is 2.26. The van der Waals surface area contributed by atoms with E-state index in [4.69, 9.17) is 4.74 Å². The smallest absolute Gasteiger partial charge is 0.306 e. The van der Waals surface area contributed by atoms with Crippen LogP contribution < -0.4 is 0 Å². The lowest BCUT2D eigenvalue weighted by atomic mass is 10.2. The van der Waals surface area contributed by atoms with Gasteiger partial charge in [-0.15, -0.1) is 0 Å². The molecule has 0 spiro atoms. The standard InChI is InChI=1S/C14H21NO5S/c1-12-6-4-5-7-13(12)21(17,18)15(10-11-19-2)9-8-14(16)20-3/h4-7H,8-11H2,1-3H3. The van der Waals surface area contributed by atoms with Gasteiger partial charge in [0.15, 0.2) is 0 Å². The lowest BCUT2D eigenvalue weighted by molar-refractivity contribution is -0.140. The summed E-state index contributed by atoms with van der Waals surface area (Å²) in [6, 6.07) is 6.75. The van der Waals surface area contributed by atoms with Crippen LogP contribution in [-0.4, -0.2) is 52.6 Å². The summed E-state index contributed by atoms with van der Waals surface area (Å²) in [6.07, 6.45) is 0.00528. The Bertz CT molecular complexity index is 570. The monoisotopic (exact) mass is 315 g/mol. The highest BCUT2D eigenvalue weighted by Crippen LogP contribution is 2.19. The summed E-state index contributed by atoms with van der Waals surface area (Å²) in [5.41, 5.74) is 0.665. The maximum absolute atomic E-state index is 12.7. The van der Waals surface area contributed by atoms with Crippen molar-refractivity contribution in [1.82, 2.24) is 4.31 Å². The lowest BCUT2D eigenvalue weighted by Gasteiger charge is -2.22. The number of esters is 1. The fourth-order valence-corrected chi connectivity index (χ4v) is 3.50. The predicted octanol–water partition coefficient (Wildman–Crippen LogP) is 1.20. The summed E-state index contributed by atoms with van der Waals surface area (Å²) in [5, 5.41) is 0. The molecule has 0 aliphatic rings. The molecule has 0 fully saturated rings. The van der Waals surface area contributed by atoms with E-state index in [0.717, 1.165) is 0 Å². The molecule has 1 rings (SSSR count). The minimum absolute atomic E-state index is 0.00528. The molecule has 21 heavy (non-hydrogen) atoms. The second-order valence-corrected chi connectivity index (χ2v) is 6.39. The number of ether oxygens (including phenoxy) is 2. The first kappa shape index (κ1) is 17.6. The molecular formula is C14H21NO5S. The number of methoxy groups -OCH3 is 2. The van der Waals surface area contributed by atoms with Crippen molar-refractivity contribution in [3.63, 3.8) is 0 Å². The topological polar surface area (TPSA) is 72.9 Å². The van der Waals surface area contributed by atoms with Gasteiger partial charge in [0.25, 0.3) is 0 Å². The molecule has 1 aromatic carbocycles. The van der Waals surface area contributed by atoms with Gasteiger partial charge in [0.2, 0.25) is 10.0 Å². The van der Waals surface area contributed by atoms with Crippen LogP contribution in [0.25, 0.3) is 0 Å². The van der Waals surface area contributed by atoms with Crippen LogP contribution >= 0.6 is 0 Å². The molecule has 0 aliphatic heterocycles. The van der Waals surface area contributed by atoms with Gasteiger partial charge in [-0.05, 0) is 18.6 Å². The van der Waals surface area contributed by atoms with E-state index in [1.165, 1.54) is 18.5 Å². The van der Waals surface area contributed by atoms with Crippen molar-refractivity contribution >= 4 is 16.0 Å². The molecule has 0 unspecified atom stereocenters.